The van der Waals surface area contributed by atoms with Crippen LogP contribution in [-0.2, 0) is 6.42 Å². The van der Waals surface area contributed by atoms with E-state index in [0.717, 1.165) is 12.8 Å². The zero-order valence-electron chi connectivity index (χ0n) is 8.60. The molecule has 0 radical (unpaired) electrons. The molecule has 1 atom stereocenters. The average Bonchev–Trinajstić information content (AvgIpc) is 2.11. The molecule has 72 valence electrons. The predicted octanol–water partition coefficient (Wildman–Crippen LogP) is 3.86. The molecule has 0 aromatic heterocycles. The first-order valence-corrected chi connectivity index (χ1v) is 5.27. The van der Waals surface area contributed by atoms with Crippen molar-refractivity contribution in [2.24, 2.45) is 0 Å². The van der Waals surface area contributed by atoms with Crippen LogP contribution in [0.25, 0.3) is 0 Å². The van der Waals surface area contributed by atoms with Gasteiger partial charge in [-0.05, 0) is 43.4 Å². The summed E-state index contributed by atoms with van der Waals surface area (Å²) >= 11 is 6.09. The highest BCUT2D eigenvalue weighted by Crippen LogP contribution is 2.14. The summed E-state index contributed by atoms with van der Waals surface area (Å²) in [6.07, 6.45) is 2.02. The fourth-order valence-electron chi connectivity index (χ4n) is 1.33. The summed E-state index contributed by atoms with van der Waals surface area (Å²) < 4.78 is 0. The third-order valence-electron chi connectivity index (χ3n) is 2.47. The Morgan fingerprint density at radius 1 is 1.23 bits per heavy atom. The molecule has 1 rings (SSSR count). The normalized spacial score (nSPS) is 12.9. The van der Waals surface area contributed by atoms with Crippen molar-refractivity contribution in [3.8, 4) is 0 Å². The first-order chi connectivity index (χ1) is 6.13. The Morgan fingerprint density at radius 3 is 2.46 bits per heavy atom. The number of rotatable bonds is 3. The third-order valence-corrected chi connectivity index (χ3v) is 2.93. The fraction of sp³-hybridized carbons (Fsp3) is 0.500. The van der Waals surface area contributed by atoms with Crippen molar-refractivity contribution in [3.63, 3.8) is 0 Å². The Labute approximate surface area is 85.9 Å². The molecule has 1 aromatic carbocycles. The van der Waals surface area contributed by atoms with E-state index in [-0.39, 0.29) is 5.38 Å². The number of alkyl halides is 1. The molecule has 0 aliphatic rings. The molecule has 0 heterocycles. The zero-order chi connectivity index (χ0) is 9.84. The summed E-state index contributed by atoms with van der Waals surface area (Å²) in [4.78, 5) is 0. The second kappa shape index (κ2) is 4.66. The molecule has 0 N–H and O–H groups in total. The van der Waals surface area contributed by atoms with Gasteiger partial charge in [0.2, 0.25) is 0 Å². The Bertz CT molecular complexity index is 278. The Balaban J connectivity index is 2.73. The number of hydrogen-bond acceptors (Lipinski definition) is 0. The number of halogens is 1. The van der Waals surface area contributed by atoms with E-state index < -0.39 is 0 Å². The summed E-state index contributed by atoms with van der Waals surface area (Å²) in [6.45, 7) is 6.41. The van der Waals surface area contributed by atoms with Gasteiger partial charge in [0.05, 0.1) is 0 Å². The van der Waals surface area contributed by atoms with Crippen molar-refractivity contribution < 1.29 is 0 Å². The highest BCUT2D eigenvalue weighted by molar-refractivity contribution is 6.20. The standard InChI is InChI=1S/C12H17Cl/c1-4-12(13)8-11-6-5-9(2)10(3)7-11/h5-7,12H,4,8H2,1-3H3. The lowest BCUT2D eigenvalue weighted by Crippen LogP contribution is -2.01. The van der Waals surface area contributed by atoms with Crippen LogP contribution in [0.4, 0.5) is 0 Å². The molecule has 0 amide bonds. The van der Waals surface area contributed by atoms with Crippen LogP contribution < -0.4 is 0 Å². The van der Waals surface area contributed by atoms with Crippen LogP contribution in [0.2, 0.25) is 0 Å². The lowest BCUT2D eigenvalue weighted by molar-refractivity contribution is 0.804. The van der Waals surface area contributed by atoms with Gasteiger partial charge in [-0.25, -0.2) is 0 Å². The maximum absolute atomic E-state index is 6.09. The van der Waals surface area contributed by atoms with Crippen LogP contribution in [0.3, 0.4) is 0 Å². The quantitative estimate of drug-likeness (QED) is 0.644. The second-order valence-electron chi connectivity index (χ2n) is 3.63. The van der Waals surface area contributed by atoms with Crippen LogP contribution in [0, 0.1) is 13.8 Å². The van der Waals surface area contributed by atoms with Crippen molar-refractivity contribution in [3.05, 3.63) is 34.9 Å². The largest absolute Gasteiger partial charge is 0.123 e. The minimum atomic E-state index is 0.280. The molecular weight excluding hydrogens is 180 g/mol. The smallest absolute Gasteiger partial charge is 0.0373 e. The van der Waals surface area contributed by atoms with E-state index in [1.165, 1.54) is 16.7 Å². The number of hydrogen-bond donors (Lipinski definition) is 0. The zero-order valence-corrected chi connectivity index (χ0v) is 9.36. The summed E-state index contributed by atoms with van der Waals surface area (Å²) in [7, 11) is 0. The summed E-state index contributed by atoms with van der Waals surface area (Å²) in [5.74, 6) is 0. The van der Waals surface area contributed by atoms with Crippen molar-refractivity contribution in [2.75, 3.05) is 0 Å². The molecule has 0 fully saturated rings. The molecule has 1 unspecified atom stereocenters. The van der Waals surface area contributed by atoms with Gasteiger partial charge in [0, 0.05) is 5.38 Å². The van der Waals surface area contributed by atoms with Gasteiger partial charge in [-0.3, -0.25) is 0 Å². The summed E-state index contributed by atoms with van der Waals surface area (Å²) in [5, 5.41) is 0.280. The van der Waals surface area contributed by atoms with E-state index in [1.54, 1.807) is 0 Å². The predicted molar refractivity (Wildman–Crippen MR) is 59.6 cm³/mol. The van der Waals surface area contributed by atoms with Crippen LogP contribution in [0.1, 0.15) is 30.0 Å². The van der Waals surface area contributed by atoms with Crippen molar-refractivity contribution in [1.82, 2.24) is 0 Å². The van der Waals surface area contributed by atoms with Gasteiger partial charge >= 0.3 is 0 Å². The van der Waals surface area contributed by atoms with E-state index in [0.29, 0.717) is 0 Å². The molecular formula is C12H17Cl. The monoisotopic (exact) mass is 196 g/mol. The maximum Gasteiger partial charge on any atom is 0.0373 e. The van der Waals surface area contributed by atoms with Crippen LogP contribution in [-0.4, -0.2) is 5.38 Å². The molecule has 13 heavy (non-hydrogen) atoms. The Kier molecular flexibility index (Phi) is 3.80. The summed E-state index contributed by atoms with van der Waals surface area (Å²) in [5.41, 5.74) is 4.06. The number of aryl methyl sites for hydroxylation is 2. The molecule has 0 bridgehead atoms. The maximum atomic E-state index is 6.09. The first kappa shape index (κ1) is 10.6. The minimum absolute atomic E-state index is 0.280. The topological polar surface area (TPSA) is 0 Å². The van der Waals surface area contributed by atoms with Crippen LogP contribution in [0.5, 0.6) is 0 Å². The molecule has 1 aromatic rings. The number of benzene rings is 1. The van der Waals surface area contributed by atoms with E-state index in [9.17, 15) is 0 Å². The lowest BCUT2D eigenvalue weighted by atomic mass is 10.0. The van der Waals surface area contributed by atoms with E-state index in [2.05, 4.69) is 39.0 Å². The van der Waals surface area contributed by atoms with Crippen LogP contribution in [0.15, 0.2) is 18.2 Å². The van der Waals surface area contributed by atoms with E-state index in [4.69, 9.17) is 11.6 Å². The Hall–Kier alpha value is -0.490. The van der Waals surface area contributed by atoms with Gasteiger partial charge in [0.25, 0.3) is 0 Å². The molecule has 0 aliphatic heterocycles. The van der Waals surface area contributed by atoms with Gasteiger partial charge in [0.1, 0.15) is 0 Å². The van der Waals surface area contributed by atoms with Crippen molar-refractivity contribution >= 4 is 11.6 Å². The molecule has 0 saturated carbocycles. The molecule has 0 nitrogen and oxygen atoms in total. The van der Waals surface area contributed by atoms with Crippen LogP contribution >= 0.6 is 11.6 Å². The van der Waals surface area contributed by atoms with E-state index in [1.807, 2.05) is 0 Å². The van der Waals surface area contributed by atoms with E-state index >= 15 is 0 Å². The molecule has 0 aliphatic carbocycles. The van der Waals surface area contributed by atoms with Gasteiger partial charge in [-0.2, -0.15) is 0 Å². The van der Waals surface area contributed by atoms with Crippen molar-refractivity contribution in [2.45, 2.75) is 39.0 Å². The van der Waals surface area contributed by atoms with Gasteiger partial charge < -0.3 is 0 Å². The van der Waals surface area contributed by atoms with Gasteiger partial charge in [-0.15, -0.1) is 11.6 Å². The molecule has 1 heteroatoms. The fourth-order valence-corrected chi connectivity index (χ4v) is 1.51. The average molecular weight is 197 g/mol. The highest BCUT2D eigenvalue weighted by atomic mass is 35.5. The second-order valence-corrected chi connectivity index (χ2v) is 4.25. The molecule has 0 saturated heterocycles. The highest BCUT2D eigenvalue weighted by Gasteiger charge is 2.03. The SMILES string of the molecule is CCC(Cl)Cc1ccc(C)c(C)c1. The minimum Gasteiger partial charge on any atom is -0.123 e. The lowest BCUT2D eigenvalue weighted by Gasteiger charge is -2.08. The van der Waals surface area contributed by atoms with Crippen molar-refractivity contribution in [1.29, 1.82) is 0 Å². The Morgan fingerprint density at radius 2 is 1.92 bits per heavy atom. The van der Waals surface area contributed by atoms with Gasteiger partial charge in [0.15, 0.2) is 0 Å². The van der Waals surface area contributed by atoms with Gasteiger partial charge in [-0.1, -0.05) is 25.1 Å². The first-order valence-electron chi connectivity index (χ1n) is 4.83. The summed E-state index contributed by atoms with van der Waals surface area (Å²) in [6, 6.07) is 6.58. The molecule has 0 spiro atoms. The third kappa shape index (κ3) is 3.04.